The Hall–Kier alpha value is -0.820. The molecule has 2 N–H and O–H groups in total. The first-order valence-corrected chi connectivity index (χ1v) is 5.48. The summed E-state index contributed by atoms with van der Waals surface area (Å²) >= 11 is 0. The van der Waals surface area contributed by atoms with E-state index in [0.29, 0.717) is 5.92 Å². The number of hydrogen-bond acceptors (Lipinski definition) is 1. The molecule has 0 aliphatic rings. The SMILES string of the molecule is CCc1ccc(C(C)CC(C)N)cc1. The van der Waals surface area contributed by atoms with Gasteiger partial charge in [-0.25, -0.2) is 0 Å². The van der Waals surface area contributed by atoms with Crippen molar-refractivity contribution in [3.63, 3.8) is 0 Å². The summed E-state index contributed by atoms with van der Waals surface area (Å²) < 4.78 is 0. The van der Waals surface area contributed by atoms with Crippen molar-refractivity contribution in [3.8, 4) is 0 Å². The van der Waals surface area contributed by atoms with Gasteiger partial charge in [0.25, 0.3) is 0 Å². The minimum Gasteiger partial charge on any atom is -0.328 e. The van der Waals surface area contributed by atoms with Crippen LogP contribution in [0.2, 0.25) is 0 Å². The summed E-state index contributed by atoms with van der Waals surface area (Å²) in [6, 6.07) is 9.17. The van der Waals surface area contributed by atoms with Crippen LogP contribution in [-0.2, 0) is 6.42 Å². The zero-order valence-corrected chi connectivity index (χ0v) is 9.46. The molecule has 0 saturated heterocycles. The molecule has 2 unspecified atom stereocenters. The highest BCUT2D eigenvalue weighted by atomic mass is 14.6. The van der Waals surface area contributed by atoms with Gasteiger partial charge in [0.1, 0.15) is 0 Å². The van der Waals surface area contributed by atoms with E-state index in [-0.39, 0.29) is 6.04 Å². The summed E-state index contributed by atoms with van der Waals surface area (Å²) in [4.78, 5) is 0. The van der Waals surface area contributed by atoms with Gasteiger partial charge in [-0.3, -0.25) is 0 Å². The van der Waals surface area contributed by atoms with E-state index < -0.39 is 0 Å². The smallest absolute Gasteiger partial charge is 0.00162 e. The molecule has 2 atom stereocenters. The van der Waals surface area contributed by atoms with Gasteiger partial charge in [-0.1, -0.05) is 38.1 Å². The molecule has 0 heterocycles. The average molecular weight is 191 g/mol. The third kappa shape index (κ3) is 3.15. The zero-order chi connectivity index (χ0) is 10.6. The largest absolute Gasteiger partial charge is 0.328 e. The van der Waals surface area contributed by atoms with E-state index in [9.17, 15) is 0 Å². The molecule has 0 radical (unpaired) electrons. The molecule has 14 heavy (non-hydrogen) atoms. The van der Waals surface area contributed by atoms with Gasteiger partial charge in [-0.2, -0.15) is 0 Å². The second-order valence-corrected chi connectivity index (χ2v) is 4.21. The summed E-state index contributed by atoms with van der Waals surface area (Å²) in [6.07, 6.45) is 2.17. The third-order valence-electron chi connectivity index (χ3n) is 2.68. The molecule has 0 aliphatic carbocycles. The molecule has 0 saturated carbocycles. The normalized spacial score (nSPS) is 15.1. The van der Waals surface area contributed by atoms with Crippen molar-refractivity contribution in [3.05, 3.63) is 35.4 Å². The Balaban J connectivity index is 2.66. The molecule has 1 rings (SSSR count). The van der Waals surface area contributed by atoms with Crippen molar-refractivity contribution >= 4 is 0 Å². The van der Waals surface area contributed by atoms with E-state index in [1.807, 2.05) is 0 Å². The predicted molar refractivity (Wildman–Crippen MR) is 62.5 cm³/mol. The fourth-order valence-electron chi connectivity index (χ4n) is 1.78. The maximum absolute atomic E-state index is 5.79. The standard InChI is InChI=1S/C13H21N/c1-4-12-5-7-13(8-6-12)10(2)9-11(3)14/h5-8,10-11H,4,9,14H2,1-3H3. The van der Waals surface area contributed by atoms with Crippen LogP contribution < -0.4 is 5.73 Å². The molecular weight excluding hydrogens is 170 g/mol. The minimum atomic E-state index is 0.288. The van der Waals surface area contributed by atoms with E-state index in [0.717, 1.165) is 12.8 Å². The summed E-state index contributed by atoms with van der Waals surface area (Å²) in [5.74, 6) is 0.570. The van der Waals surface area contributed by atoms with Crippen molar-refractivity contribution in [2.75, 3.05) is 0 Å². The Morgan fingerprint density at radius 1 is 1.14 bits per heavy atom. The van der Waals surface area contributed by atoms with Crippen LogP contribution in [0.1, 0.15) is 44.2 Å². The topological polar surface area (TPSA) is 26.0 Å². The molecule has 0 amide bonds. The Kier molecular flexibility index (Phi) is 4.15. The van der Waals surface area contributed by atoms with Gasteiger partial charge in [0.15, 0.2) is 0 Å². The first-order chi connectivity index (χ1) is 6.63. The second-order valence-electron chi connectivity index (χ2n) is 4.21. The molecule has 0 bridgehead atoms. The molecule has 0 spiro atoms. The van der Waals surface area contributed by atoms with Crippen molar-refractivity contribution in [1.29, 1.82) is 0 Å². The van der Waals surface area contributed by atoms with Crippen LogP contribution in [0.4, 0.5) is 0 Å². The second kappa shape index (κ2) is 5.16. The molecule has 1 aromatic rings. The van der Waals surface area contributed by atoms with E-state index >= 15 is 0 Å². The molecule has 0 fully saturated rings. The van der Waals surface area contributed by atoms with Gasteiger partial charge in [0, 0.05) is 6.04 Å². The fourth-order valence-corrected chi connectivity index (χ4v) is 1.78. The lowest BCUT2D eigenvalue weighted by molar-refractivity contribution is 0.586. The van der Waals surface area contributed by atoms with E-state index in [1.165, 1.54) is 11.1 Å². The van der Waals surface area contributed by atoms with Gasteiger partial charge < -0.3 is 5.73 Å². The maximum Gasteiger partial charge on any atom is 0.00162 e. The van der Waals surface area contributed by atoms with Crippen molar-refractivity contribution in [2.45, 2.75) is 45.6 Å². The maximum atomic E-state index is 5.79. The number of rotatable bonds is 4. The highest BCUT2D eigenvalue weighted by molar-refractivity contribution is 5.25. The Labute approximate surface area is 87.3 Å². The van der Waals surface area contributed by atoms with Crippen molar-refractivity contribution in [1.82, 2.24) is 0 Å². The molecule has 1 nitrogen and oxygen atoms in total. The average Bonchev–Trinajstić information content (AvgIpc) is 2.17. The molecule has 0 aliphatic heterocycles. The number of hydrogen-bond donors (Lipinski definition) is 1. The van der Waals surface area contributed by atoms with Crippen molar-refractivity contribution < 1.29 is 0 Å². The van der Waals surface area contributed by atoms with Crippen LogP contribution in [-0.4, -0.2) is 6.04 Å². The first-order valence-electron chi connectivity index (χ1n) is 5.48. The molecule has 0 aromatic heterocycles. The monoisotopic (exact) mass is 191 g/mol. The molecule has 1 heteroatoms. The van der Waals surface area contributed by atoms with Gasteiger partial charge in [-0.05, 0) is 36.8 Å². The van der Waals surface area contributed by atoms with E-state index in [4.69, 9.17) is 5.73 Å². The van der Waals surface area contributed by atoms with Crippen LogP contribution >= 0.6 is 0 Å². The minimum absolute atomic E-state index is 0.288. The van der Waals surface area contributed by atoms with Gasteiger partial charge >= 0.3 is 0 Å². The quantitative estimate of drug-likeness (QED) is 0.777. The summed E-state index contributed by atoms with van der Waals surface area (Å²) in [7, 11) is 0. The Morgan fingerprint density at radius 2 is 1.71 bits per heavy atom. The lowest BCUT2D eigenvalue weighted by Crippen LogP contribution is -2.17. The lowest BCUT2D eigenvalue weighted by Gasteiger charge is -2.14. The predicted octanol–water partition coefficient (Wildman–Crippen LogP) is 3.09. The van der Waals surface area contributed by atoms with Crippen LogP contribution in [0, 0.1) is 0 Å². The Bertz CT molecular complexity index is 261. The van der Waals surface area contributed by atoms with Crippen LogP contribution in [0.15, 0.2) is 24.3 Å². The van der Waals surface area contributed by atoms with Crippen LogP contribution in [0.25, 0.3) is 0 Å². The number of nitrogens with two attached hydrogens (primary N) is 1. The number of aryl methyl sites for hydroxylation is 1. The fraction of sp³-hybridized carbons (Fsp3) is 0.538. The molecule has 78 valence electrons. The van der Waals surface area contributed by atoms with E-state index in [1.54, 1.807) is 0 Å². The van der Waals surface area contributed by atoms with Crippen LogP contribution in [0.5, 0.6) is 0 Å². The van der Waals surface area contributed by atoms with Gasteiger partial charge in [0.2, 0.25) is 0 Å². The van der Waals surface area contributed by atoms with Gasteiger partial charge in [-0.15, -0.1) is 0 Å². The Morgan fingerprint density at radius 3 is 2.14 bits per heavy atom. The lowest BCUT2D eigenvalue weighted by atomic mass is 9.94. The highest BCUT2D eigenvalue weighted by Gasteiger charge is 2.07. The van der Waals surface area contributed by atoms with Gasteiger partial charge in [0.05, 0.1) is 0 Å². The highest BCUT2D eigenvalue weighted by Crippen LogP contribution is 2.20. The molecule has 1 aromatic carbocycles. The van der Waals surface area contributed by atoms with Crippen LogP contribution in [0.3, 0.4) is 0 Å². The zero-order valence-electron chi connectivity index (χ0n) is 9.46. The van der Waals surface area contributed by atoms with E-state index in [2.05, 4.69) is 45.0 Å². The third-order valence-corrected chi connectivity index (χ3v) is 2.68. The van der Waals surface area contributed by atoms with Crippen molar-refractivity contribution in [2.24, 2.45) is 5.73 Å². The summed E-state index contributed by atoms with van der Waals surface area (Å²) in [6.45, 7) is 6.49. The summed E-state index contributed by atoms with van der Waals surface area (Å²) in [5.41, 5.74) is 8.59. The summed E-state index contributed by atoms with van der Waals surface area (Å²) in [5, 5.41) is 0. The first kappa shape index (κ1) is 11.3. The molecular formula is C13H21N. The number of benzene rings is 1.